The second kappa shape index (κ2) is 10.0. The van der Waals surface area contributed by atoms with Crippen LogP contribution in [0.3, 0.4) is 0 Å². The van der Waals surface area contributed by atoms with Gasteiger partial charge in [0.1, 0.15) is 5.75 Å². The van der Waals surface area contributed by atoms with E-state index in [0.717, 1.165) is 34.5 Å². The summed E-state index contributed by atoms with van der Waals surface area (Å²) in [5, 5.41) is 3.69. The maximum Gasteiger partial charge on any atom is 0.261 e. The van der Waals surface area contributed by atoms with Gasteiger partial charge in [-0.3, -0.25) is 4.72 Å². The number of anilines is 2. The Hall–Kier alpha value is -4.03. The van der Waals surface area contributed by atoms with Crippen LogP contribution in [-0.4, -0.2) is 15.0 Å². The van der Waals surface area contributed by atoms with E-state index in [1.54, 1.807) is 18.2 Å². The van der Waals surface area contributed by atoms with Crippen LogP contribution in [0.5, 0.6) is 5.75 Å². The molecule has 0 spiro atoms. The second-order valence-corrected chi connectivity index (χ2v) is 11.5. The molecule has 0 bridgehead atoms. The first-order valence-corrected chi connectivity index (χ1v) is 14.5. The van der Waals surface area contributed by atoms with E-state index in [0.29, 0.717) is 18.2 Å². The molecule has 0 fully saturated rings. The Morgan fingerprint density at radius 2 is 1.63 bits per heavy atom. The Balaban J connectivity index is 1.24. The normalized spacial score (nSPS) is 19.8. The molecule has 0 saturated carbocycles. The lowest BCUT2D eigenvalue weighted by Gasteiger charge is -2.37. The third-order valence-electron chi connectivity index (χ3n) is 7.44. The van der Waals surface area contributed by atoms with Crippen LogP contribution in [0.4, 0.5) is 11.4 Å². The lowest BCUT2D eigenvalue weighted by Crippen LogP contribution is -2.29. The zero-order valence-corrected chi connectivity index (χ0v) is 22.0. The molecular formula is C32H30N2O3S. The van der Waals surface area contributed by atoms with Gasteiger partial charge in [-0.15, -0.1) is 0 Å². The lowest BCUT2D eigenvalue weighted by atomic mass is 9.77. The second-order valence-electron chi connectivity index (χ2n) is 9.78. The van der Waals surface area contributed by atoms with Crippen molar-refractivity contribution in [1.82, 2.24) is 0 Å². The minimum Gasteiger partial charge on any atom is -0.494 e. The van der Waals surface area contributed by atoms with Crippen molar-refractivity contribution >= 4 is 21.4 Å². The molecule has 2 aliphatic rings. The predicted molar refractivity (Wildman–Crippen MR) is 153 cm³/mol. The molecule has 2 N–H and O–H groups in total. The Morgan fingerprint density at radius 1 is 0.895 bits per heavy atom. The lowest BCUT2D eigenvalue weighted by molar-refractivity contribution is 0.340. The number of allylic oxidation sites excluding steroid dienone is 2. The van der Waals surface area contributed by atoms with Crippen LogP contribution in [-0.2, 0) is 10.0 Å². The van der Waals surface area contributed by atoms with E-state index in [2.05, 4.69) is 34.3 Å². The van der Waals surface area contributed by atoms with E-state index >= 15 is 0 Å². The van der Waals surface area contributed by atoms with Crippen molar-refractivity contribution in [2.24, 2.45) is 5.92 Å². The molecule has 0 unspecified atom stereocenters. The average Bonchev–Trinajstić information content (AvgIpc) is 3.44. The molecule has 3 atom stereocenters. The predicted octanol–water partition coefficient (Wildman–Crippen LogP) is 7.38. The SMILES string of the molecule is CCOc1ccc([C@H]2Nc3ccc(S(=O)(=O)Nc4ccc(-c5ccccc5)cc4)cc3[C@H]3C=CC[C@H]32)cc1. The van der Waals surface area contributed by atoms with Gasteiger partial charge < -0.3 is 10.1 Å². The maximum atomic E-state index is 13.3. The Bertz CT molecular complexity index is 1560. The van der Waals surface area contributed by atoms with Gasteiger partial charge in [-0.05, 0) is 84.0 Å². The van der Waals surface area contributed by atoms with Crippen molar-refractivity contribution in [2.45, 2.75) is 30.2 Å². The van der Waals surface area contributed by atoms with Crippen LogP contribution < -0.4 is 14.8 Å². The van der Waals surface area contributed by atoms with Crippen molar-refractivity contribution in [3.05, 3.63) is 120 Å². The number of ether oxygens (including phenoxy) is 1. The first kappa shape index (κ1) is 24.3. The summed E-state index contributed by atoms with van der Waals surface area (Å²) < 4.78 is 35.0. The van der Waals surface area contributed by atoms with Gasteiger partial charge in [0.2, 0.25) is 0 Å². The molecule has 4 aromatic rings. The van der Waals surface area contributed by atoms with Crippen LogP contribution in [0.15, 0.2) is 114 Å². The van der Waals surface area contributed by atoms with Gasteiger partial charge in [0.25, 0.3) is 10.0 Å². The number of sulfonamides is 1. The average molecular weight is 523 g/mol. The molecule has 1 aliphatic heterocycles. The van der Waals surface area contributed by atoms with Crippen molar-refractivity contribution in [3.8, 4) is 16.9 Å². The highest BCUT2D eigenvalue weighted by atomic mass is 32.2. The highest BCUT2D eigenvalue weighted by Crippen LogP contribution is 2.50. The minimum atomic E-state index is -3.74. The number of nitrogens with one attached hydrogen (secondary N) is 2. The van der Waals surface area contributed by atoms with Gasteiger partial charge in [-0.1, -0.05) is 66.7 Å². The zero-order valence-electron chi connectivity index (χ0n) is 21.2. The highest BCUT2D eigenvalue weighted by Gasteiger charge is 2.38. The van der Waals surface area contributed by atoms with Crippen LogP contribution in [0.1, 0.15) is 36.4 Å². The van der Waals surface area contributed by atoms with Crippen molar-refractivity contribution in [2.75, 3.05) is 16.6 Å². The minimum absolute atomic E-state index is 0.141. The van der Waals surface area contributed by atoms with E-state index < -0.39 is 10.0 Å². The molecule has 0 amide bonds. The van der Waals surface area contributed by atoms with E-state index in [1.165, 1.54) is 5.56 Å². The van der Waals surface area contributed by atoms with Gasteiger partial charge in [0.05, 0.1) is 17.5 Å². The Labute approximate surface area is 224 Å². The summed E-state index contributed by atoms with van der Waals surface area (Å²) in [5.74, 6) is 1.34. The van der Waals surface area contributed by atoms with Gasteiger partial charge >= 0.3 is 0 Å². The highest BCUT2D eigenvalue weighted by molar-refractivity contribution is 7.92. The molecule has 192 valence electrons. The molecule has 5 nitrogen and oxygen atoms in total. The molecule has 1 heterocycles. The molecule has 6 heteroatoms. The summed E-state index contributed by atoms with van der Waals surface area (Å²) in [4.78, 5) is 0.267. The molecule has 6 rings (SSSR count). The summed E-state index contributed by atoms with van der Waals surface area (Å²) in [7, 11) is -3.74. The first-order valence-electron chi connectivity index (χ1n) is 13.0. The van der Waals surface area contributed by atoms with E-state index in [-0.39, 0.29) is 16.9 Å². The summed E-state index contributed by atoms with van der Waals surface area (Å²) in [6, 6.07) is 31.3. The summed E-state index contributed by atoms with van der Waals surface area (Å²) in [5.41, 5.74) is 5.86. The molecule has 0 saturated heterocycles. The number of rotatable bonds is 7. The molecule has 38 heavy (non-hydrogen) atoms. The van der Waals surface area contributed by atoms with Crippen LogP contribution in [0, 0.1) is 5.92 Å². The van der Waals surface area contributed by atoms with E-state index in [9.17, 15) is 8.42 Å². The standard InChI is InChI=1S/C32H30N2O3S/c1-2-37-26-17-13-24(14-18-26)32-29-10-6-9-28(29)30-21-27(19-20-31(30)33-32)38(35,36)34-25-15-11-23(12-16-25)22-7-4-3-5-8-22/h3-9,11-21,28-29,32-34H,2,10H2,1H3/t28-,29+,32+/m0/s1. The topological polar surface area (TPSA) is 67.4 Å². The number of fused-ring (bicyclic) bond motifs is 3. The van der Waals surface area contributed by atoms with Gasteiger partial charge in [-0.25, -0.2) is 8.42 Å². The summed E-state index contributed by atoms with van der Waals surface area (Å²) >= 11 is 0. The van der Waals surface area contributed by atoms with Gasteiger partial charge in [-0.2, -0.15) is 0 Å². The van der Waals surface area contributed by atoms with Crippen LogP contribution in [0.2, 0.25) is 0 Å². The number of benzene rings is 4. The Morgan fingerprint density at radius 3 is 2.37 bits per heavy atom. The Kier molecular flexibility index (Phi) is 6.42. The van der Waals surface area contributed by atoms with Crippen molar-refractivity contribution in [1.29, 1.82) is 0 Å². The molecule has 0 aromatic heterocycles. The fourth-order valence-corrected chi connectivity index (χ4v) is 6.68. The fraction of sp³-hybridized carbons (Fsp3) is 0.188. The quantitative estimate of drug-likeness (QED) is 0.249. The molecule has 0 radical (unpaired) electrons. The fourth-order valence-electron chi connectivity index (χ4n) is 5.58. The number of hydrogen-bond acceptors (Lipinski definition) is 4. The monoisotopic (exact) mass is 522 g/mol. The van der Waals surface area contributed by atoms with Crippen LogP contribution >= 0.6 is 0 Å². The molecule has 4 aromatic carbocycles. The zero-order chi connectivity index (χ0) is 26.1. The van der Waals surface area contributed by atoms with E-state index in [4.69, 9.17) is 4.74 Å². The van der Waals surface area contributed by atoms with Crippen molar-refractivity contribution < 1.29 is 13.2 Å². The van der Waals surface area contributed by atoms with Gasteiger partial charge in [0.15, 0.2) is 0 Å². The number of hydrogen-bond donors (Lipinski definition) is 2. The third-order valence-corrected chi connectivity index (χ3v) is 8.82. The van der Waals surface area contributed by atoms with Gasteiger partial charge in [0, 0.05) is 17.3 Å². The first-order chi connectivity index (χ1) is 18.5. The van der Waals surface area contributed by atoms with Crippen molar-refractivity contribution in [3.63, 3.8) is 0 Å². The maximum absolute atomic E-state index is 13.3. The summed E-state index contributed by atoms with van der Waals surface area (Å²) in [6.45, 7) is 2.62. The van der Waals surface area contributed by atoms with E-state index in [1.807, 2.05) is 73.7 Å². The van der Waals surface area contributed by atoms with Crippen LogP contribution in [0.25, 0.3) is 11.1 Å². The largest absolute Gasteiger partial charge is 0.494 e. The molecule has 1 aliphatic carbocycles. The third kappa shape index (κ3) is 4.68. The smallest absolute Gasteiger partial charge is 0.261 e. The molecular weight excluding hydrogens is 492 g/mol. The summed E-state index contributed by atoms with van der Waals surface area (Å²) in [6.07, 6.45) is 5.37.